The summed E-state index contributed by atoms with van der Waals surface area (Å²) in [5, 5.41) is 0. The molecule has 0 aliphatic carbocycles. The summed E-state index contributed by atoms with van der Waals surface area (Å²) in [5.41, 5.74) is 1.32. The number of halogens is 1. The van der Waals surface area contributed by atoms with Gasteiger partial charge >= 0.3 is 0 Å². The Morgan fingerprint density at radius 1 is 1.06 bits per heavy atom. The van der Waals surface area contributed by atoms with Crippen LogP contribution in [-0.4, -0.2) is 37.7 Å². The molecule has 0 fully saturated rings. The molecule has 1 aromatic rings. The van der Waals surface area contributed by atoms with E-state index in [1.165, 1.54) is 5.56 Å². The van der Waals surface area contributed by atoms with Crippen molar-refractivity contribution in [2.24, 2.45) is 0 Å². The first kappa shape index (κ1) is 15.1. The number of hydrogen-bond acceptors (Lipinski definition) is 3. The van der Waals surface area contributed by atoms with Crippen LogP contribution >= 0.6 is 0 Å². The monoisotopic (exact) mass is 270 g/mol. The SMILES string of the molecule is CCN(CC)CCc1ccc2c(c1)OCCO2.[Cl-]. The summed E-state index contributed by atoms with van der Waals surface area (Å²) in [6.07, 6.45) is 1.07. The van der Waals surface area contributed by atoms with Gasteiger partial charge in [0, 0.05) is 6.54 Å². The molecular formula is C14H21ClNO2-. The lowest BCUT2D eigenvalue weighted by Gasteiger charge is -2.20. The lowest BCUT2D eigenvalue weighted by molar-refractivity contribution is -0.00000424. The zero-order chi connectivity index (χ0) is 12.1. The average Bonchev–Trinajstić information content (AvgIpc) is 2.40. The van der Waals surface area contributed by atoms with Crippen molar-refractivity contribution in [2.45, 2.75) is 20.3 Å². The maximum atomic E-state index is 5.58. The third-order valence-corrected chi connectivity index (χ3v) is 3.22. The third kappa shape index (κ3) is 3.79. The largest absolute Gasteiger partial charge is 1.00 e. The fraction of sp³-hybridized carbons (Fsp3) is 0.571. The summed E-state index contributed by atoms with van der Waals surface area (Å²) in [6, 6.07) is 6.26. The molecule has 102 valence electrons. The van der Waals surface area contributed by atoms with Gasteiger partial charge in [-0.15, -0.1) is 0 Å². The van der Waals surface area contributed by atoms with E-state index in [2.05, 4.69) is 30.9 Å². The number of hydrogen-bond donors (Lipinski definition) is 0. The van der Waals surface area contributed by atoms with E-state index in [4.69, 9.17) is 9.47 Å². The molecule has 0 amide bonds. The maximum absolute atomic E-state index is 5.58. The van der Waals surface area contributed by atoms with E-state index in [1.54, 1.807) is 0 Å². The van der Waals surface area contributed by atoms with E-state index in [-0.39, 0.29) is 12.4 Å². The second-order valence-corrected chi connectivity index (χ2v) is 4.25. The van der Waals surface area contributed by atoms with Crippen molar-refractivity contribution in [3.8, 4) is 11.5 Å². The number of fused-ring (bicyclic) bond motifs is 1. The molecule has 0 aromatic heterocycles. The smallest absolute Gasteiger partial charge is 0.161 e. The second kappa shape index (κ2) is 7.49. The van der Waals surface area contributed by atoms with Gasteiger partial charge in [0.05, 0.1) is 0 Å². The molecule has 0 radical (unpaired) electrons. The van der Waals surface area contributed by atoms with E-state index in [1.807, 2.05) is 6.07 Å². The first-order valence-corrected chi connectivity index (χ1v) is 6.44. The third-order valence-electron chi connectivity index (χ3n) is 3.22. The second-order valence-electron chi connectivity index (χ2n) is 4.25. The summed E-state index contributed by atoms with van der Waals surface area (Å²) in [7, 11) is 0. The summed E-state index contributed by atoms with van der Waals surface area (Å²) >= 11 is 0. The van der Waals surface area contributed by atoms with E-state index in [0.29, 0.717) is 13.2 Å². The zero-order valence-corrected chi connectivity index (χ0v) is 11.9. The Kier molecular flexibility index (Phi) is 6.30. The van der Waals surface area contributed by atoms with Gasteiger partial charge in [-0.2, -0.15) is 0 Å². The van der Waals surface area contributed by atoms with Gasteiger partial charge in [-0.1, -0.05) is 19.9 Å². The molecule has 3 nitrogen and oxygen atoms in total. The van der Waals surface area contributed by atoms with Gasteiger partial charge in [0.1, 0.15) is 13.2 Å². The molecular weight excluding hydrogens is 250 g/mol. The molecule has 0 N–H and O–H groups in total. The molecule has 1 aliphatic rings. The van der Waals surface area contributed by atoms with E-state index >= 15 is 0 Å². The van der Waals surface area contributed by atoms with E-state index in [9.17, 15) is 0 Å². The van der Waals surface area contributed by atoms with E-state index in [0.717, 1.165) is 37.6 Å². The number of rotatable bonds is 5. The standard InChI is InChI=1S/C14H21NO2.ClH/c1-3-15(4-2)8-7-12-5-6-13-14(11-12)17-10-9-16-13;/h5-6,11H,3-4,7-10H2,1-2H3;1H/p-1. The molecule has 0 spiro atoms. The molecule has 0 bridgehead atoms. The van der Waals surface area contributed by atoms with Gasteiger partial charge in [0.15, 0.2) is 11.5 Å². The zero-order valence-electron chi connectivity index (χ0n) is 11.1. The summed E-state index contributed by atoms with van der Waals surface area (Å²) in [5.74, 6) is 1.77. The Labute approximate surface area is 115 Å². The van der Waals surface area contributed by atoms with Crippen molar-refractivity contribution >= 4 is 0 Å². The Morgan fingerprint density at radius 2 is 1.72 bits per heavy atom. The highest BCUT2D eigenvalue weighted by Crippen LogP contribution is 2.30. The highest BCUT2D eigenvalue weighted by atomic mass is 35.5. The minimum absolute atomic E-state index is 0. The van der Waals surface area contributed by atoms with Crippen LogP contribution in [-0.2, 0) is 6.42 Å². The van der Waals surface area contributed by atoms with Crippen LogP contribution in [0.2, 0.25) is 0 Å². The predicted octanol–water partition coefficient (Wildman–Crippen LogP) is -0.654. The van der Waals surface area contributed by atoms with Gasteiger partial charge < -0.3 is 26.8 Å². The first-order chi connectivity index (χ1) is 8.33. The lowest BCUT2D eigenvalue weighted by atomic mass is 10.1. The van der Waals surface area contributed by atoms with Crippen molar-refractivity contribution in [3.05, 3.63) is 23.8 Å². The van der Waals surface area contributed by atoms with E-state index < -0.39 is 0 Å². The van der Waals surface area contributed by atoms with Crippen LogP contribution in [0, 0.1) is 0 Å². The average molecular weight is 271 g/mol. The lowest BCUT2D eigenvalue weighted by Crippen LogP contribution is -3.00. The number of likely N-dealkylation sites (N-methyl/N-ethyl adjacent to an activating group) is 1. The molecule has 18 heavy (non-hydrogen) atoms. The molecule has 4 heteroatoms. The molecule has 1 aromatic carbocycles. The normalized spacial score (nSPS) is 13.3. The van der Waals surface area contributed by atoms with Gasteiger partial charge in [-0.3, -0.25) is 0 Å². The minimum Gasteiger partial charge on any atom is -1.00 e. The Morgan fingerprint density at radius 3 is 2.39 bits per heavy atom. The molecule has 0 saturated carbocycles. The molecule has 1 heterocycles. The topological polar surface area (TPSA) is 21.7 Å². The molecule has 0 unspecified atom stereocenters. The minimum atomic E-state index is 0. The van der Waals surface area contributed by atoms with Crippen LogP contribution in [0.15, 0.2) is 18.2 Å². The molecule has 0 saturated heterocycles. The van der Waals surface area contributed by atoms with Crippen molar-refractivity contribution < 1.29 is 21.9 Å². The van der Waals surface area contributed by atoms with Crippen LogP contribution in [0.25, 0.3) is 0 Å². The fourth-order valence-corrected chi connectivity index (χ4v) is 2.07. The molecule has 0 atom stereocenters. The summed E-state index contributed by atoms with van der Waals surface area (Å²) in [4.78, 5) is 2.43. The van der Waals surface area contributed by atoms with Crippen LogP contribution in [0.4, 0.5) is 0 Å². The van der Waals surface area contributed by atoms with Crippen molar-refractivity contribution in [1.82, 2.24) is 4.90 Å². The van der Waals surface area contributed by atoms with Gasteiger partial charge in [0.25, 0.3) is 0 Å². The van der Waals surface area contributed by atoms with Gasteiger partial charge in [0.2, 0.25) is 0 Å². The number of ether oxygens (including phenoxy) is 2. The maximum Gasteiger partial charge on any atom is 0.161 e. The van der Waals surface area contributed by atoms with Crippen molar-refractivity contribution in [2.75, 3.05) is 32.8 Å². The molecule has 2 rings (SSSR count). The Hall–Kier alpha value is -0.930. The van der Waals surface area contributed by atoms with Crippen LogP contribution in [0.1, 0.15) is 19.4 Å². The van der Waals surface area contributed by atoms with Crippen LogP contribution in [0.3, 0.4) is 0 Å². The fourth-order valence-electron chi connectivity index (χ4n) is 2.07. The number of nitrogens with zero attached hydrogens (tertiary/aromatic N) is 1. The van der Waals surface area contributed by atoms with Gasteiger partial charge in [-0.25, -0.2) is 0 Å². The van der Waals surface area contributed by atoms with Crippen molar-refractivity contribution in [3.63, 3.8) is 0 Å². The number of benzene rings is 1. The van der Waals surface area contributed by atoms with Crippen LogP contribution < -0.4 is 21.9 Å². The van der Waals surface area contributed by atoms with Crippen molar-refractivity contribution in [1.29, 1.82) is 0 Å². The first-order valence-electron chi connectivity index (χ1n) is 6.44. The van der Waals surface area contributed by atoms with Gasteiger partial charge in [-0.05, 0) is 37.2 Å². The molecule has 1 aliphatic heterocycles. The highest BCUT2D eigenvalue weighted by molar-refractivity contribution is 5.43. The Balaban J connectivity index is 0.00000162. The quantitative estimate of drug-likeness (QED) is 0.710. The predicted molar refractivity (Wildman–Crippen MR) is 68.9 cm³/mol. The highest BCUT2D eigenvalue weighted by Gasteiger charge is 2.11. The van der Waals surface area contributed by atoms with Crippen LogP contribution in [0.5, 0.6) is 11.5 Å². The summed E-state index contributed by atoms with van der Waals surface area (Å²) in [6.45, 7) is 9.05. The summed E-state index contributed by atoms with van der Waals surface area (Å²) < 4.78 is 11.1. The Bertz CT molecular complexity index is 367.